The maximum Gasteiger partial charge on any atom is 0.261 e. The molecular weight excluding hydrogens is 286 g/mol. The minimum atomic E-state index is 0.00214. The molecule has 0 unspecified atom stereocenters. The van der Waals surface area contributed by atoms with Crippen molar-refractivity contribution < 1.29 is 0 Å². The summed E-state index contributed by atoms with van der Waals surface area (Å²) >= 11 is 0. The average Bonchev–Trinajstić information content (AvgIpc) is 2.59. The topological polar surface area (TPSA) is 46.9 Å². The largest absolute Gasteiger partial charge is 0.307 e. The van der Waals surface area contributed by atoms with Crippen LogP contribution in [0.25, 0.3) is 10.9 Å². The summed E-state index contributed by atoms with van der Waals surface area (Å²) < 4.78 is 1.64. The number of nitrogens with zero attached hydrogens (tertiary/aromatic N) is 2. The van der Waals surface area contributed by atoms with E-state index in [0.29, 0.717) is 5.39 Å². The summed E-state index contributed by atoms with van der Waals surface area (Å²) in [4.78, 5) is 17.1. The van der Waals surface area contributed by atoms with Gasteiger partial charge in [-0.05, 0) is 37.6 Å². The molecule has 0 bridgehead atoms. The second-order valence-electron chi connectivity index (χ2n) is 5.76. The zero-order chi connectivity index (χ0) is 16.2. The van der Waals surface area contributed by atoms with Crippen LogP contribution in [0.1, 0.15) is 24.4 Å². The maximum absolute atomic E-state index is 12.4. The van der Waals surface area contributed by atoms with Gasteiger partial charge in [0.05, 0.1) is 16.9 Å². The van der Waals surface area contributed by atoms with Crippen LogP contribution in [-0.2, 0) is 13.5 Å². The van der Waals surface area contributed by atoms with Crippen LogP contribution in [0.15, 0.2) is 59.4 Å². The quantitative estimate of drug-likeness (QED) is 0.788. The third-order valence-corrected chi connectivity index (χ3v) is 4.11. The number of rotatable bonds is 5. The van der Waals surface area contributed by atoms with Gasteiger partial charge in [0.2, 0.25) is 0 Å². The van der Waals surface area contributed by atoms with Crippen molar-refractivity contribution in [1.29, 1.82) is 0 Å². The molecule has 23 heavy (non-hydrogen) atoms. The minimum Gasteiger partial charge on any atom is -0.307 e. The molecule has 1 aromatic heterocycles. The van der Waals surface area contributed by atoms with Crippen LogP contribution in [0.2, 0.25) is 0 Å². The maximum atomic E-state index is 12.4. The fourth-order valence-corrected chi connectivity index (χ4v) is 2.79. The third-order valence-electron chi connectivity index (χ3n) is 4.11. The Hall–Kier alpha value is -2.46. The van der Waals surface area contributed by atoms with Gasteiger partial charge in [-0.25, -0.2) is 4.98 Å². The summed E-state index contributed by atoms with van der Waals surface area (Å²) in [6, 6.07) is 17.9. The summed E-state index contributed by atoms with van der Waals surface area (Å²) in [6.45, 7) is 2.88. The van der Waals surface area contributed by atoms with E-state index < -0.39 is 0 Å². The standard InChI is InChI=1S/C19H21N3O/c1-14(20-13-12-15-8-4-3-5-9-15)18-21-17-11-7-6-10-16(17)19(23)22(18)2/h3-11,14,20H,12-13H2,1-2H3/t14-/m0/s1. The Morgan fingerprint density at radius 1 is 1.09 bits per heavy atom. The van der Waals surface area contributed by atoms with Crippen molar-refractivity contribution in [2.75, 3.05) is 6.54 Å². The summed E-state index contributed by atoms with van der Waals surface area (Å²) in [5.41, 5.74) is 2.05. The number of para-hydroxylation sites is 1. The lowest BCUT2D eigenvalue weighted by atomic mass is 10.1. The first-order valence-electron chi connectivity index (χ1n) is 7.90. The van der Waals surface area contributed by atoms with Crippen LogP contribution < -0.4 is 10.9 Å². The Morgan fingerprint density at radius 2 is 1.78 bits per heavy atom. The molecule has 0 fully saturated rings. The predicted octanol–water partition coefficient (Wildman–Crippen LogP) is 2.83. The Balaban J connectivity index is 1.77. The monoisotopic (exact) mass is 307 g/mol. The van der Waals surface area contributed by atoms with Gasteiger partial charge in [-0.2, -0.15) is 0 Å². The molecule has 1 N–H and O–H groups in total. The molecule has 0 saturated heterocycles. The van der Waals surface area contributed by atoms with Crippen LogP contribution in [0, 0.1) is 0 Å². The summed E-state index contributed by atoms with van der Waals surface area (Å²) in [5.74, 6) is 0.766. The van der Waals surface area contributed by atoms with Gasteiger partial charge in [0.25, 0.3) is 5.56 Å². The van der Waals surface area contributed by atoms with Crippen LogP contribution in [0.3, 0.4) is 0 Å². The van der Waals surface area contributed by atoms with Gasteiger partial charge in [-0.1, -0.05) is 42.5 Å². The number of hydrogen-bond donors (Lipinski definition) is 1. The number of aromatic nitrogens is 2. The number of fused-ring (bicyclic) bond motifs is 1. The van der Waals surface area contributed by atoms with Gasteiger partial charge in [-0.3, -0.25) is 9.36 Å². The highest BCUT2D eigenvalue weighted by molar-refractivity contribution is 5.77. The molecule has 1 heterocycles. The van der Waals surface area contributed by atoms with Crippen molar-refractivity contribution in [2.24, 2.45) is 7.05 Å². The highest BCUT2D eigenvalue weighted by Gasteiger charge is 2.13. The molecule has 0 radical (unpaired) electrons. The molecule has 4 heteroatoms. The highest BCUT2D eigenvalue weighted by atomic mass is 16.1. The van der Waals surface area contributed by atoms with Crippen molar-refractivity contribution in [3.05, 3.63) is 76.3 Å². The van der Waals surface area contributed by atoms with Crippen molar-refractivity contribution in [2.45, 2.75) is 19.4 Å². The van der Waals surface area contributed by atoms with E-state index in [1.165, 1.54) is 5.56 Å². The van der Waals surface area contributed by atoms with Crippen molar-refractivity contribution in [3.63, 3.8) is 0 Å². The van der Waals surface area contributed by atoms with Gasteiger partial charge in [-0.15, -0.1) is 0 Å². The molecule has 118 valence electrons. The second-order valence-corrected chi connectivity index (χ2v) is 5.76. The van der Waals surface area contributed by atoms with Crippen molar-refractivity contribution >= 4 is 10.9 Å². The average molecular weight is 307 g/mol. The van der Waals surface area contributed by atoms with E-state index in [9.17, 15) is 4.79 Å². The molecule has 4 nitrogen and oxygen atoms in total. The van der Waals surface area contributed by atoms with E-state index >= 15 is 0 Å². The first-order valence-corrected chi connectivity index (χ1v) is 7.90. The number of hydrogen-bond acceptors (Lipinski definition) is 3. The van der Waals surface area contributed by atoms with Crippen LogP contribution in [-0.4, -0.2) is 16.1 Å². The third kappa shape index (κ3) is 3.32. The molecule has 3 rings (SSSR count). The van der Waals surface area contributed by atoms with Crippen LogP contribution >= 0.6 is 0 Å². The lowest BCUT2D eigenvalue weighted by molar-refractivity contribution is 0.523. The Bertz CT molecular complexity index is 855. The fourth-order valence-electron chi connectivity index (χ4n) is 2.79. The predicted molar refractivity (Wildman–Crippen MR) is 93.5 cm³/mol. The molecular formula is C19H21N3O. The fraction of sp³-hybridized carbons (Fsp3) is 0.263. The minimum absolute atomic E-state index is 0.00214. The lowest BCUT2D eigenvalue weighted by Gasteiger charge is -2.17. The number of benzene rings is 2. The zero-order valence-corrected chi connectivity index (χ0v) is 13.5. The van der Waals surface area contributed by atoms with E-state index in [1.54, 1.807) is 11.6 Å². The highest BCUT2D eigenvalue weighted by Crippen LogP contribution is 2.12. The molecule has 1 atom stereocenters. The molecule has 0 aliphatic rings. The molecule has 0 spiro atoms. The zero-order valence-electron chi connectivity index (χ0n) is 13.5. The van der Waals surface area contributed by atoms with Gasteiger partial charge in [0.1, 0.15) is 5.82 Å². The SMILES string of the molecule is C[C@H](NCCc1ccccc1)c1nc2ccccc2c(=O)n1C. The Kier molecular flexibility index (Phi) is 4.53. The van der Waals surface area contributed by atoms with E-state index in [4.69, 9.17) is 0 Å². The second kappa shape index (κ2) is 6.75. The van der Waals surface area contributed by atoms with E-state index in [2.05, 4.69) is 22.4 Å². The van der Waals surface area contributed by atoms with Crippen molar-refractivity contribution in [1.82, 2.24) is 14.9 Å². The molecule has 0 aliphatic heterocycles. The molecule has 0 amide bonds. The van der Waals surface area contributed by atoms with Gasteiger partial charge < -0.3 is 5.32 Å². The number of nitrogens with one attached hydrogen (secondary N) is 1. The van der Waals surface area contributed by atoms with E-state index in [-0.39, 0.29) is 11.6 Å². The van der Waals surface area contributed by atoms with Gasteiger partial charge in [0.15, 0.2) is 0 Å². The van der Waals surface area contributed by atoms with Crippen LogP contribution in [0.5, 0.6) is 0 Å². The Morgan fingerprint density at radius 3 is 2.57 bits per heavy atom. The first-order chi connectivity index (χ1) is 11.2. The summed E-state index contributed by atoms with van der Waals surface area (Å²) in [7, 11) is 1.78. The van der Waals surface area contributed by atoms with Gasteiger partial charge >= 0.3 is 0 Å². The van der Waals surface area contributed by atoms with Crippen molar-refractivity contribution in [3.8, 4) is 0 Å². The molecule has 0 aliphatic carbocycles. The van der Waals surface area contributed by atoms with Gasteiger partial charge in [0, 0.05) is 7.05 Å². The van der Waals surface area contributed by atoms with Crippen LogP contribution in [0.4, 0.5) is 0 Å². The Labute approximate surface area is 135 Å². The molecule has 2 aromatic carbocycles. The van der Waals surface area contributed by atoms with E-state index in [0.717, 1.165) is 24.3 Å². The first kappa shape index (κ1) is 15.4. The normalized spacial score (nSPS) is 12.4. The lowest BCUT2D eigenvalue weighted by Crippen LogP contribution is -2.30. The molecule has 3 aromatic rings. The summed E-state index contributed by atoms with van der Waals surface area (Å²) in [5, 5.41) is 4.12. The smallest absolute Gasteiger partial charge is 0.261 e. The molecule has 0 saturated carbocycles. The summed E-state index contributed by atoms with van der Waals surface area (Å²) in [6.07, 6.45) is 0.951. The van der Waals surface area contributed by atoms with E-state index in [1.807, 2.05) is 49.4 Å².